The minimum absolute atomic E-state index is 0.00882. The number of nitrogens with two attached hydrogens (primary N) is 1. The normalized spacial score (nSPS) is 20.8. The molecule has 1 amide bonds. The van der Waals surface area contributed by atoms with Crippen LogP contribution in [-0.2, 0) is 9.53 Å². The Bertz CT molecular complexity index is 372. The summed E-state index contributed by atoms with van der Waals surface area (Å²) in [6.45, 7) is 5.40. The lowest BCUT2D eigenvalue weighted by Gasteiger charge is -2.30. The number of hydrogen-bond donors (Lipinski definition) is 1. The van der Waals surface area contributed by atoms with Crippen LogP contribution in [0.15, 0.2) is 0 Å². The van der Waals surface area contributed by atoms with Crippen LogP contribution in [0.5, 0.6) is 0 Å². The first-order valence-corrected chi connectivity index (χ1v) is 7.91. The van der Waals surface area contributed by atoms with Crippen molar-refractivity contribution in [2.24, 2.45) is 11.7 Å². The molecular weight excluding hydrogens is 268 g/mol. The molecule has 2 fully saturated rings. The zero-order valence-electron chi connectivity index (χ0n) is 12.7. The Morgan fingerprint density at radius 1 is 1.38 bits per heavy atom. The summed E-state index contributed by atoms with van der Waals surface area (Å²) in [6.07, 6.45) is 3.10. The molecule has 1 saturated carbocycles. The molecule has 6 nitrogen and oxygen atoms in total. The van der Waals surface area contributed by atoms with Crippen LogP contribution in [-0.4, -0.2) is 67.7 Å². The second-order valence-electron chi connectivity index (χ2n) is 5.95. The number of amides is 1. The molecule has 0 radical (unpaired) electrons. The third-order valence-corrected chi connectivity index (χ3v) is 4.27. The molecule has 0 spiro atoms. The lowest BCUT2D eigenvalue weighted by Crippen LogP contribution is -2.44. The molecule has 2 rings (SSSR count). The topological polar surface area (TPSA) is 82.6 Å². The van der Waals surface area contributed by atoms with E-state index in [9.17, 15) is 4.79 Å². The van der Waals surface area contributed by atoms with E-state index in [1.807, 2.05) is 0 Å². The Labute approximate surface area is 126 Å². The highest BCUT2D eigenvalue weighted by molar-refractivity contribution is 5.77. The summed E-state index contributed by atoms with van der Waals surface area (Å²) in [5.74, 6) is 0.629. The Hall–Kier alpha value is -1.16. The molecule has 2 N–H and O–H groups in total. The van der Waals surface area contributed by atoms with Crippen molar-refractivity contribution in [2.75, 3.05) is 45.9 Å². The van der Waals surface area contributed by atoms with Gasteiger partial charge in [0.15, 0.2) is 0 Å². The number of rotatable bonds is 8. The van der Waals surface area contributed by atoms with Crippen molar-refractivity contribution in [3.05, 3.63) is 0 Å². The van der Waals surface area contributed by atoms with Crippen molar-refractivity contribution < 1.29 is 9.53 Å². The van der Waals surface area contributed by atoms with E-state index >= 15 is 0 Å². The van der Waals surface area contributed by atoms with Crippen molar-refractivity contribution in [1.82, 2.24) is 9.80 Å². The summed E-state index contributed by atoms with van der Waals surface area (Å²) in [6, 6.07) is 2.11. The first-order chi connectivity index (χ1) is 10.2. The molecular formula is C15H26N4O2. The lowest BCUT2D eigenvalue weighted by atomic mass is 10.1. The molecule has 0 aromatic rings. The molecule has 1 aliphatic carbocycles. The Morgan fingerprint density at radius 2 is 2.10 bits per heavy atom. The van der Waals surface area contributed by atoms with Crippen LogP contribution in [0, 0.1) is 17.2 Å². The molecule has 1 heterocycles. The van der Waals surface area contributed by atoms with Crippen LogP contribution >= 0.6 is 0 Å². The molecule has 1 saturated heterocycles. The summed E-state index contributed by atoms with van der Waals surface area (Å²) < 4.78 is 5.32. The first kappa shape index (κ1) is 16.2. The number of morpholine rings is 1. The molecule has 2 aliphatic rings. The zero-order chi connectivity index (χ0) is 15.1. The van der Waals surface area contributed by atoms with Gasteiger partial charge in [-0.15, -0.1) is 0 Å². The van der Waals surface area contributed by atoms with Crippen LogP contribution in [0.4, 0.5) is 0 Å². The predicted molar refractivity (Wildman–Crippen MR) is 79.4 cm³/mol. The summed E-state index contributed by atoms with van der Waals surface area (Å²) in [5, 5.41) is 8.75. The maximum atomic E-state index is 12.4. The molecule has 118 valence electrons. The standard InChI is InChI=1S/C15H26N4O2/c16-4-1-5-19(7-6-18-8-10-21-11-9-18)15(20)12-14(17)13-2-3-13/h13-14H,1-3,5-12,17H2. The first-order valence-electron chi connectivity index (χ1n) is 7.91. The minimum Gasteiger partial charge on any atom is -0.379 e. The van der Waals surface area contributed by atoms with E-state index in [2.05, 4.69) is 11.0 Å². The van der Waals surface area contributed by atoms with Crippen molar-refractivity contribution in [1.29, 1.82) is 5.26 Å². The van der Waals surface area contributed by atoms with Gasteiger partial charge in [-0.2, -0.15) is 5.26 Å². The quantitative estimate of drug-likeness (QED) is 0.691. The zero-order valence-corrected chi connectivity index (χ0v) is 12.7. The fraction of sp³-hybridized carbons (Fsp3) is 0.867. The molecule has 1 unspecified atom stereocenters. The average Bonchev–Trinajstić information content (AvgIpc) is 3.33. The van der Waals surface area contributed by atoms with E-state index in [0.717, 1.165) is 45.7 Å². The summed E-state index contributed by atoms with van der Waals surface area (Å²) in [4.78, 5) is 16.5. The van der Waals surface area contributed by atoms with Crippen molar-refractivity contribution in [2.45, 2.75) is 31.7 Å². The molecule has 1 atom stereocenters. The number of carbonyl (C=O) groups is 1. The Balaban J connectivity index is 1.77. The molecule has 0 aromatic heterocycles. The minimum atomic E-state index is -0.00882. The monoisotopic (exact) mass is 294 g/mol. The van der Waals surface area contributed by atoms with Gasteiger partial charge in [-0.25, -0.2) is 0 Å². The number of nitriles is 1. The van der Waals surface area contributed by atoms with Gasteiger partial charge in [0.2, 0.25) is 5.91 Å². The maximum absolute atomic E-state index is 12.4. The molecule has 21 heavy (non-hydrogen) atoms. The molecule has 0 bridgehead atoms. The van der Waals surface area contributed by atoms with Crippen LogP contribution < -0.4 is 5.73 Å². The largest absolute Gasteiger partial charge is 0.379 e. The van der Waals surface area contributed by atoms with Crippen molar-refractivity contribution >= 4 is 5.91 Å². The van der Waals surface area contributed by atoms with Gasteiger partial charge in [-0.05, 0) is 18.8 Å². The van der Waals surface area contributed by atoms with Crippen molar-refractivity contribution in [3.63, 3.8) is 0 Å². The van der Waals surface area contributed by atoms with Gasteiger partial charge in [0.05, 0.1) is 25.7 Å². The van der Waals surface area contributed by atoms with Gasteiger partial charge < -0.3 is 15.4 Å². The van der Waals surface area contributed by atoms with Gasteiger partial charge in [0.1, 0.15) is 0 Å². The number of carbonyl (C=O) groups excluding carboxylic acids is 1. The van der Waals surface area contributed by atoms with Gasteiger partial charge in [0, 0.05) is 45.2 Å². The summed E-state index contributed by atoms with van der Waals surface area (Å²) in [5.41, 5.74) is 6.05. The number of ether oxygens (including phenoxy) is 1. The third-order valence-electron chi connectivity index (χ3n) is 4.27. The molecule has 1 aliphatic heterocycles. The Kier molecular flexibility index (Phi) is 6.43. The second kappa shape index (κ2) is 8.32. The van der Waals surface area contributed by atoms with E-state index in [1.54, 1.807) is 4.90 Å². The predicted octanol–water partition coefficient (Wildman–Crippen LogP) is 0.188. The van der Waals surface area contributed by atoms with E-state index in [0.29, 0.717) is 31.8 Å². The highest BCUT2D eigenvalue weighted by atomic mass is 16.5. The maximum Gasteiger partial charge on any atom is 0.224 e. The Morgan fingerprint density at radius 3 is 2.71 bits per heavy atom. The van der Waals surface area contributed by atoms with E-state index < -0.39 is 0 Å². The van der Waals surface area contributed by atoms with Crippen LogP contribution in [0.25, 0.3) is 0 Å². The summed E-state index contributed by atoms with van der Waals surface area (Å²) >= 11 is 0. The lowest BCUT2D eigenvalue weighted by molar-refractivity contribution is -0.132. The smallest absolute Gasteiger partial charge is 0.224 e. The second-order valence-corrected chi connectivity index (χ2v) is 5.95. The number of hydrogen-bond acceptors (Lipinski definition) is 5. The molecule has 6 heteroatoms. The SMILES string of the molecule is N#CCCN(CCN1CCOCC1)C(=O)CC(N)C1CC1. The van der Waals surface area contributed by atoms with Gasteiger partial charge in [0.25, 0.3) is 0 Å². The molecule has 0 aromatic carbocycles. The highest BCUT2D eigenvalue weighted by Crippen LogP contribution is 2.32. The van der Waals surface area contributed by atoms with E-state index in [-0.39, 0.29) is 11.9 Å². The van der Waals surface area contributed by atoms with Crippen LogP contribution in [0.2, 0.25) is 0 Å². The number of nitrogens with zero attached hydrogens (tertiary/aromatic N) is 3. The average molecular weight is 294 g/mol. The van der Waals surface area contributed by atoms with Gasteiger partial charge >= 0.3 is 0 Å². The fourth-order valence-electron chi connectivity index (χ4n) is 2.65. The van der Waals surface area contributed by atoms with Gasteiger partial charge in [-0.3, -0.25) is 9.69 Å². The summed E-state index contributed by atoms with van der Waals surface area (Å²) in [7, 11) is 0. The van der Waals surface area contributed by atoms with Crippen LogP contribution in [0.1, 0.15) is 25.7 Å². The van der Waals surface area contributed by atoms with Crippen LogP contribution in [0.3, 0.4) is 0 Å². The van der Waals surface area contributed by atoms with Gasteiger partial charge in [-0.1, -0.05) is 0 Å². The van der Waals surface area contributed by atoms with E-state index in [1.165, 1.54) is 0 Å². The van der Waals surface area contributed by atoms with E-state index in [4.69, 9.17) is 15.7 Å². The highest BCUT2D eigenvalue weighted by Gasteiger charge is 2.31. The third kappa shape index (κ3) is 5.62. The van der Waals surface area contributed by atoms with Crippen molar-refractivity contribution in [3.8, 4) is 6.07 Å². The fourth-order valence-corrected chi connectivity index (χ4v) is 2.65.